The van der Waals surface area contributed by atoms with Gasteiger partial charge in [-0.1, -0.05) is 6.07 Å². The first-order chi connectivity index (χ1) is 12.5. The number of ether oxygens (including phenoxy) is 1. The molecule has 1 N–H and O–H groups in total. The number of nitrogens with one attached hydrogen (secondary N) is 1. The molecule has 0 aliphatic carbocycles. The zero-order chi connectivity index (χ0) is 18.5. The Morgan fingerprint density at radius 3 is 2.85 bits per heavy atom. The van der Waals surface area contributed by atoms with Crippen LogP contribution in [0.5, 0.6) is 0 Å². The molecule has 0 aliphatic rings. The molecule has 2 aromatic heterocycles. The molecule has 2 heterocycles. The number of carbonyl (C=O) groups excluding carboxylic acids is 2. The lowest BCUT2D eigenvalue weighted by atomic mass is 10.2. The van der Waals surface area contributed by atoms with Gasteiger partial charge in [0, 0.05) is 11.1 Å². The third kappa shape index (κ3) is 4.37. The van der Waals surface area contributed by atoms with Gasteiger partial charge < -0.3 is 14.5 Å². The predicted octanol–water partition coefficient (Wildman–Crippen LogP) is 4.07. The van der Waals surface area contributed by atoms with Crippen LogP contribution in [0, 0.1) is 6.92 Å². The summed E-state index contributed by atoms with van der Waals surface area (Å²) in [5, 5.41) is 5.35. The number of hydrogen-bond donors (Lipinski definition) is 1. The molecule has 3 rings (SSSR count). The number of hydrogen-bond acceptors (Lipinski definition) is 6. The first kappa shape index (κ1) is 17.9. The van der Waals surface area contributed by atoms with E-state index in [-0.39, 0.29) is 12.3 Å². The highest BCUT2D eigenvalue weighted by Gasteiger charge is 2.12. The average molecular weight is 370 g/mol. The van der Waals surface area contributed by atoms with Crippen molar-refractivity contribution >= 4 is 28.9 Å². The summed E-state index contributed by atoms with van der Waals surface area (Å²) < 4.78 is 10.5. The Labute approximate surface area is 154 Å². The van der Waals surface area contributed by atoms with E-state index in [0.717, 1.165) is 10.8 Å². The van der Waals surface area contributed by atoms with Crippen molar-refractivity contribution in [1.29, 1.82) is 0 Å². The minimum atomic E-state index is -0.415. The van der Waals surface area contributed by atoms with Crippen LogP contribution < -0.4 is 5.32 Å². The van der Waals surface area contributed by atoms with Crippen LogP contribution in [0.25, 0.3) is 10.8 Å². The molecule has 0 unspecified atom stereocenters. The molecule has 134 valence electrons. The molecule has 7 heteroatoms. The van der Waals surface area contributed by atoms with Gasteiger partial charge >= 0.3 is 5.97 Å². The fraction of sp³-hybridized carbons (Fsp3) is 0.211. The monoisotopic (exact) mass is 370 g/mol. The van der Waals surface area contributed by atoms with Gasteiger partial charge in [-0.05, 0) is 44.2 Å². The first-order valence-electron chi connectivity index (χ1n) is 8.13. The van der Waals surface area contributed by atoms with Crippen LogP contribution in [0.1, 0.15) is 28.7 Å². The highest BCUT2D eigenvalue weighted by Crippen LogP contribution is 2.25. The molecule has 0 aliphatic heterocycles. The highest BCUT2D eigenvalue weighted by atomic mass is 32.1. The molecule has 0 saturated heterocycles. The minimum absolute atomic E-state index is 0.139. The Kier molecular flexibility index (Phi) is 5.48. The number of aryl methyl sites for hydroxylation is 1. The summed E-state index contributed by atoms with van der Waals surface area (Å²) in [5.41, 5.74) is 1.60. The fourth-order valence-electron chi connectivity index (χ4n) is 2.36. The second-order valence-corrected chi connectivity index (χ2v) is 6.44. The van der Waals surface area contributed by atoms with E-state index < -0.39 is 5.97 Å². The standard InChI is InChI=1S/C19H18N2O4S/c1-3-24-19(23)13-5-4-6-14(9-13)20-17(22)10-15-11-26-18(21-15)16-8-7-12(2)25-16/h4-9,11H,3,10H2,1-2H3,(H,20,22). The Balaban J connectivity index is 1.63. The van der Waals surface area contributed by atoms with Crippen LogP contribution >= 0.6 is 11.3 Å². The smallest absolute Gasteiger partial charge is 0.338 e. The lowest BCUT2D eigenvalue weighted by Crippen LogP contribution is -2.15. The molecule has 0 saturated carbocycles. The average Bonchev–Trinajstić information content (AvgIpc) is 3.24. The van der Waals surface area contributed by atoms with Gasteiger partial charge in [0.25, 0.3) is 0 Å². The van der Waals surface area contributed by atoms with Gasteiger partial charge in [0.1, 0.15) is 5.76 Å². The number of thiazole rings is 1. The number of carbonyl (C=O) groups is 2. The lowest BCUT2D eigenvalue weighted by Gasteiger charge is -2.06. The summed E-state index contributed by atoms with van der Waals surface area (Å²) in [6.07, 6.45) is 0.139. The normalized spacial score (nSPS) is 10.5. The van der Waals surface area contributed by atoms with Crippen molar-refractivity contribution in [3.8, 4) is 10.8 Å². The van der Waals surface area contributed by atoms with Gasteiger partial charge in [-0.25, -0.2) is 9.78 Å². The van der Waals surface area contributed by atoms with Crippen molar-refractivity contribution in [2.45, 2.75) is 20.3 Å². The van der Waals surface area contributed by atoms with Gasteiger partial charge in [0.05, 0.1) is 24.3 Å². The number of furan rings is 1. The highest BCUT2D eigenvalue weighted by molar-refractivity contribution is 7.13. The number of amides is 1. The summed E-state index contributed by atoms with van der Waals surface area (Å²) >= 11 is 1.43. The van der Waals surface area contributed by atoms with E-state index in [0.29, 0.717) is 29.3 Å². The van der Waals surface area contributed by atoms with Crippen LogP contribution in [0.4, 0.5) is 5.69 Å². The van der Waals surface area contributed by atoms with Crippen molar-refractivity contribution in [2.24, 2.45) is 0 Å². The quantitative estimate of drug-likeness (QED) is 0.662. The van der Waals surface area contributed by atoms with Gasteiger partial charge in [0.15, 0.2) is 10.8 Å². The number of nitrogens with zero attached hydrogens (tertiary/aromatic N) is 1. The van der Waals surface area contributed by atoms with Crippen LogP contribution in [0.15, 0.2) is 46.2 Å². The molecular formula is C19H18N2O4S. The zero-order valence-corrected chi connectivity index (χ0v) is 15.3. The van der Waals surface area contributed by atoms with Crippen LogP contribution in [-0.4, -0.2) is 23.5 Å². The second kappa shape index (κ2) is 7.97. The van der Waals surface area contributed by atoms with Crippen molar-refractivity contribution < 1.29 is 18.7 Å². The van der Waals surface area contributed by atoms with Gasteiger partial charge in [0.2, 0.25) is 5.91 Å². The van der Waals surface area contributed by atoms with Crippen molar-refractivity contribution in [1.82, 2.24) is 4.98 Å². The third-order valence-electron chi connectivity index (χ3n) is 3.50. The number of rotatable bonds is 6. The molecule has 6 nitrogen and oxygen atoms in total. The van der Waals surface area contributed by atoms with Crippen molar-refractivity contribution in [3.63, 3.8) is 0 Å². The van der Waals surface area contributed by atoms with Gasteiger partial charge in [-0.2, -0.15) is 0 Å². The molecule has 1 aromatic carbocycles. The number of esters is 1. The van der Waals surface area contributed by atoms with E-state index in [1.54, 1.807) is 31.2 Å². The number of benzene rings is 1. The Morgan fingerprint density at radius 1 is 1.27 bits per heavy atom. The van der Waals surface area contributed by atoms with Crippen LogP contribution in [-0.2, 0) is 16.0 Å². The molecular weight excluding hydrogens is 352 g/mol. The van der Waals surface area contributed by atoms with Crippen LogP contribution in [0.3, 0.4) is 0 Å². The molecule has 0 spiro atoms. The SMILES string of the molecule is CCOC(=O)c1cccc(NC(=O)Cc2csc(-c3ccc(C)o3)n2)c1. The molecule has 1 amide bonds. The molecule has 0 atom stereocenters. The molecule has 26 heavy (non-hydrogen) atoms. The Morgan fingerprint density at radius 2 is 2.12 bits per heavy atom. The molecule has 3 aromatic rings. The van der Waals surface area contributed by atoms with Crippen LogP contribution in [0.2, 0.25) is 0 Å². The maximum Gasteiger partial charge on any atom is 0.338 e. The minimum Gasteiger partial charge on any atom is -0.462 e. The van der Waals surface area contributed by atoms with E-state index in [4.69, 9.17) is 9.15 Å². The molecule has 0 radical (unpaired) electrons. The van der Waals surface area contributed by atoms with Gasteiger partial charge in [-0.3, -0.25) is 4.79 Å². The number of aromatic nitrogens is 1. The predicted molar refractivity (Wildman–Crippen MR) is 99.3 cm³/mol. The zero-order valence-electron chi connectivity index (χ0n) is 14.4. The fourth-order valence-corrected chi connectivity index (χ4v) is 3.14. The van der Waals surface area contributed by atoms with E-state index in [2.05, 4.69) is 10.3 Å². The summed E-state index contributed by atoms with van der Waals surface area (Å²) in [6.45, 7) is 3.92. The topological polar surface area (TPSA) is 81.4 Å². The number of anilines is 1. The van der Waals surface area contributed by atoms with Crippen molar-refractivity contribution in [2.75, 3.05) is 11.9 Å². The van der Waals surface area contributed by atoms with Gasteiger partial charge in [-0.15, -0.1) is 11.3 Å². The maximum atomic E-state index is 12.3. The second-order valence-electron chi connectivity index (χ2n) is 5.58. The molecule has 0 bridgehead atoms. The van der Waals surface area contributed by atoms with E-state index in [1.165, 1.54) is 11.3 Å². The Bertz CT molecular complexity index is 929. The summed E-state index contributed by atoms with van der Waals surface area (Å²) in [4.78, 5) is 28.4. The molecule has 0 fully saturated rings. The van der Waals surface area contributed by atoms with E-state index in [1.807, 2.05) is 24.4 Å². The summed E-state index contributed by atoms with van der Waals surface area (Å²) in [6, 6.07) is 10.4. The summed E-state index contributed by atoms with van der Waals surface area (Å²) in [7, 11) is 0. The maximum absolute atomic E-state index is 12.3. The largest absolute Gasteiger partial charge is 0.462 e. The van der Waals surface area contributed by atoms with E-state index in [9.17, 15) is 9.59 Å². The Hall–Kier alpha value is -2.93. The summed E-state index contributed by atoms with van der Waals surface area (Å²) in [5.74, 6) is 0.886. The third-order valence-corrected chi connectivity index (χ3v) is 4.41. The first-order valence-corrected chi connectivity index (χ1v) is 9.01. The lowest BCUT2D eigenvalue weighted by molar-refractivity contribution is -0.115. The van der Waals surface area contributed by atoms with Crippen molar-refractivity contribution in [3.05, 3.63) is 58.8 Å². The van der Waals surface area contributed by atoms with E-state index >= 15 is 0 Å².